The molecule has 61 heavy (non-hydrogen) atoms. The molecule has 324 valence electrons. The molecular weight excluding hydrogens is 798 g/mol. The number of ketones is 1. The maximum atomic E-state index is 15.8. The lowest BCUT2D eigenvalue weighted by Gasteiger charge is -2.57. The molecule has 0 bridgehead atoms. The molecule has 1 saturated carbocycles. The molecule has 1 saturated heterocycles. The van der Waals surface area contributed by atoms with Crippen LogP contribution in [0.5, 0.6) is 17.2 Å². The number of ether oxygens (including phenoxy) is 4. The highest BCUT2D eigenvalue weighted by molar-refractivity contribution is 7.46. The van der Waals surface area contributed by atoms with Crippen LogP contribution in [0.3, 0.4) is 0 Å². The molecule has 8 rings (SSSR count). The molecule has 6 atom stereocenters. The molecule has 6 unspecified atom stereocenters. The van der Waals surface area contributed by atoms with Crippen molar-refractivity contribution in [3.05, 3.63) is 87.6 Å². The van der Waals surface area contributed by atoms with Crippen LogP contribution in [0.15, 0.2) is 70.9 Å². The molecular formula is C47H56N3O10P. The second-order valence-corrected chi connectivity index (χ2v) is 19.5. The molecule has 1 aliphatic carbocycles. The molecule has 0 radical (unpaired) electrons. The third-order valence-corrected chi connectivity index (χ3v) is 13.7. The van der Waals surface area contributed by atoms with Crippen LogP contribution >= 0.6 is 7.82 Å². The van der Waals surface area contributed by atoms with Gasteiger partial charge in [-0.25, -0.2) is 14.3 Å². The fraction of sp³-hybridized carbons (Fsp3) is 0.468. The first-order valence-electron chi connectivity index (χ1n) is 20.9. The Balaban J connectivity index is 1.52. The summed E-state index contributed by atoms with van der Waals surface area (Å²) < 4.78 is 48.0. The summed E-state index contributed by atoms with van der Waals surface area (Å²) >= 11 is 0. The predicted molar refractivity (Wildman–Crippen MR) is 233 cm³/mol. The minimum absolute atomic E-state index is 0.0387. The number of allylic oxidation sites excluding steroid dienone is 4. The third kappa shape index (κ3) is 6.53. The number of phosphoric ester groups is 1. The van der Waals surface area contributed by atoms with Crippen LogP contribution in [-0.4, -0.2) is 60.6 Å². The van der Waals surface area contributed by atoms with Gasteiger partial charge < -0.3 is 33.4 Å². The average Bonchev–Trinajstić information content (AvgIpc) is 3.63. The molecule has 4 aliphatic heterocycles. The van der Waals surface area contributed by atoms with E-state index < -0.39 is 54.1 Å². The summed E-state index contributed by atoms with van der Waals surface area (Å²) in [5.74, 6) is -1.12. The van der Waals surface area contributed by atoms with Gasteiger partial charge in [0.2, 0.25) is 5.95 Å². The third-order valence-electron chi connectivity index (χ3n) is 13.3. The fourth-order valence-electron chi connectivity index (χ4n) is 10.2. The van der Waals surface area contributed by atoms with Gasteiger partial charge in [-0.05, 0) is 98.9 Å². The molecule has 1 aromatic heterocycles. The van der Waals surface area contributed by atoms with Gasteiger partial charge in [-0.15, -0.1) is 0 Å². The highest BCUT2D eigenvalue weighted by atomic mass is 31.2. The summed E-state index contributed by atoms with van der Waals surface area (Å²) in [7, 11) is -3.93. The number of nitrogens with one attached hydrogen (secondary N) is 1. The van der Waals surface area contributed by atoms with E-state index in [-0.39, 0.29) is 29.3 Å². The Kier molecular flexibility index (Phi) is 10.2. The van der Waals surface area contributed by atoms with E-state index in [9.17, 15) is 19.1 Å². The van der Waals surface area contributed by atoms with Crippen LogP contribution in [0, 0.1) is 11.8 Å². The maximum Gasteiger partial charge on any atom is 0.524 e. The van der Waals surface area contributed by atoms with E-state index in [1.165, 1.54) is 12.7 Å². The SMILES string of the molecule is COC(=O)/C(C)=C\CC12OC(C)(C)C(C)C13Oc1c(CC=C(C)C)c4c(c(OP(=O)(O)O)c1C1=C3C(C(C)C2=O)n2c(nc3ccccc32)N1)C=CC(C)(CCC=C(C)C)O4. The van der Waals surface area contributed by atoms with Gasteiger partial charge in [-0.3, -0.25) is 14.6 Å². The summed E-state index contributed by atoms with van der Waals surface area (Å²) in [5, 5.41) is 3.63. The van der Waals surface area contributed by atoms with Crippen LogP contribution in [-0.2, 0) is 30.0 Å². The molecule has 5 aliphatic rings. The lowest BCUT2D eigenvalue weighted by Crippen LogP contribution is -2.70. The zero-order valence-corrected chi connectivity index (χ0v) is 37.7. The van der Waals surface area contributed by atoms with Crippen LogP contribution in [0.2, 0.25) is 0 Å². The second kappa shape index (κ2) is 14.6. The van der Waals surface area contributed by atoms with E-state index in [0.717, 1.165) is 17.5 Å². The van der Waals surface area contributed by atoms with Crippen molar-refractivity contribution in [2.45, 2.75) is 123 Å². The van der Waals surface area contributed by atoms with Crippen LogP contribution in [0.4, 0.5) is 5.95 Å². The van der Waals surface area contributed by atoms with Crippen LogP contribution in [0.1, 0.15) is 111 Å². The van der Waals surface area contributed by atoms with E-state index in [0.29, 0.717) is 58.0 Å². The van der Waals surface area contributed by atoms with Gasteiger partial charge in [-0.2, -0.15) is 0 Å². The first-order valence-corrected chi connectivity index (χ1v) is 22.4. The Bertz CT molecular complexity index is 2600. The van der Waals surface area contributed by atoms with Gasteiger partial charge in [0.1, 0.15) is 17.1 Å². The summed E-state index contributed by atoms with van der Waals surface area (Å²) in [5.41, 5.74) is 1.24. The first kappa shape index (κ1) is 42.7. The molecule has 3 N–H and O–H groups in total. The number of rotatable bonds is 10. The van der Waals surface area contributed by atoms with Gasteiger partial charge in [-0.1, -0.05) is 55.4 Å². The Morgan fingerprint density at radius 1 is 1.02 bits per heavy atom. The zero-order valence-electron chi connectivity index (χ0n) is 36.8. The topological polar surface area (TPSA) is 168 Å². The summed E-state index contributed by atoms with van der Waals surface area (Å²) in [6.07, 6.45) is 11.2. The lowest BCUT2D eigenvalue weighted by atomic mass is 9.55. The van der Waals surface area contributed by atoms with Crippen molar-refractivity contribution in [1.29, 1.82) is 0 Å². The van der Waals surface area contributed by atoms with E-state index in [1.54, 1.807) is 13.0 Å². The van der Waals surface area contributed by atoms with Crippen molar-refractivity contribution in [3.63, 3.8) is 0 Å². The summed E-state index contributed by atoms with van der Waals surface area (Å²) in [6, 6.07) is 6.98. The maximum absolute atomic E-state index is 15.8. The standard InChI is InChI=1S/C47H56N3O10P/c1-25(2)15-14-22-45(10)23-21-31-38(57-45)30(19-18-26(3)4)39-34(40(31)59-61(53,54)55)36-35-37(50-33-17-13-12-16-32(33)48-43(50)49-36)28(6)41(51)46(24-20-27(5)42(52)56-11)47(35,58-39)29(7)44(8,9)60-46/h12-13,15-18,20-21,23,28-29,37H,14,19,22,24H2,1-11H3,(H,48,49)(H2,53,54,55)/b27-20-. The van der Waals surface area contributed by atoms with Gasteiger partial charge in [0.05, 0.1) is 46.6 Å². The second-order valence-electron chi connectivity index (χ2n) is 18.4. The molecule has 13 nitrogen and oxygen atoms in total. The number of anilines is 1. The van der Waals surface area contributed by atoms with Crippen molar-refractivity contribution >= 4 is 48.3 Å². The average molecular weight is 854 g/mol. The number of Topliss-reactive ketones (excluding diaryl/α,β-unsaturated/α-hetero) is 1. The largest absolute Gasteiger partial charge is 0.524 e. The van der Waals surface area contributed by atoms with Gasteiger partial charge in [0, 0.05) is 35.0 Å². The molecule has 3 aromatic rings. The minimum atomic E-state index is -5.24. The number of fused-ring (bicyclic) bond motifs is 7. The monoisotopic (exact) mass is 853 g/mol. The molecule has 0 amide bonds. The molecule has 2 aromatic carbocycles. The van der Waals surface area contributed by atoms with Crippen LogP contribution in [0.25, 0.3) is 22.8 Å². The number of hydrogen-bond donors (Lipinski definition) is 3. The van der Waals surface area contributed by atoms with Crippen molar-refractivity contribution in [1.82, 2.24) is 9.55 Å². The van der Waals surface area contributed by atoms with Gasteiger partial charge >= 0.3 is 13.8 Å². The number of imidazole rings is 1. The Labute approximate surface area is 356 Å². The fourth-order valence-corrected chi connectivity index (χ4v) is 10.6. The number of carbonyl (C=O) groups excluding carboxylic acids is 2. The minimum Gasteiger partial charge on any atom is -0.482 e. The summed E-state index contributed by atoms with van der Waals surface area (Å²) in [6.45, 7) is 19.4. The van der Waals surface area contributed by atoms with Crippen molar-refractivity contribution < 1.29 is 47.4 Å². The zero-order chi connectivity index (χ0) is 44.2. The quantitative estimate of drug-likeness (QED) is 0.0767. The van der Waals surface area contributed by atoms with Crippen molar-refractivity contribution in [2.75, 3.05) is 12.4 Å². The number of para-hydroxylation sites is 2. The smallest absolute Gasteiger partial charge is 0.482 e. The number of aromatic nitrogens is 2. The first-order chi connectivity index (χ1) is 28.6. The molecule has 5 heterocycles. The number of benzene rings is 2. The van der Waals surface area contributed by atoms with Crippen LogP contribution < -0.4 is 19.3 Å². The predicted octanol–water partition coefficient (Wildman–Crippen LogP) is 9.35. The summed E-state index contributed by atoms with van der Waals surface area (Å²) in [4.78, 5) is 55.0. The number of carbonyl (C=O) groups is 2. The molecule has 1 spiro atoms. The normalized spacial score (nSPS) is 28.0. The number of esters is 1. The van der Waals surface area contributed by atoms with Gasteiger partial charge in [0.25, 0.3) is 0 Å². The number of hydrogen-bond acceptors (Lipinski definition) is 10. The Morgan fingerprint density at radius 2 is 1.72 bits per heavy atom. The number of nitrogens with zero attached hydrogens (tertiary/aromatic N) is 2. The highest BCUT2D eigenvalue weighted by Gasteiger charge is 2.79. The van der Waals surface area contributed by atoms with E-state index in [2.05, 4.69) is 11.4 Å². The van der Waals surface area contributed by atoms with Crippen molar-refractivity contribution in [2.24, 2.45) is 11.8 Å². The Morgan fingerprint density at radius 3 is 2.39 bits per heavy atom. The molecule has 14 heteroatoms. The lowest BCUT2D eigenvalue weighted by molar-refractivity contribution is -0.176. The molecule has 2 fully saturated rings. The van der Waals surface area contributed by atoms with Gasteiger partial charge in [0.15, 0.2) is 22.7 Å². The number of methoxy groups -OCH3 is 1. The Hall–Kier alpha value is -4.94. The number of phosphoric acid groups is 1. The van der Waals surface area contributed by atoms with E-state index in [1.807, 2.05) is 109 Å². The highest BCUT2D eigenvalue weighted by Crippen LogP contribution is 2.70. The van der Waals surface area contributed by atoms with Crippen molar-refractivity contribution in [3.8, 4) is 17.2 Å². The van der Waals surface area contributed by atoms with E-state index in [4.69, 9.17) is 28.5 Å². The van der Waals surface area contributed by atoms with E-state index >= 15 is 4.79 Å².